The Bertz CT molecular complexity index is 415. The van der Waals surface area contributed by atoms with Crippen LogP contribution in [0.4, 0.5) is 13.2 Å². The number of rotatable bonds is 4. The van der Waals surface area contributed by atoms with Gasteiger partial charge in [-0.05, 0) is 30.4 Å². The van der Waals surface area contributed by atoms with Gasteiger partial charge in [0, 0.05) is 7.11 Å². The van der Waals surface area contributed by atoms with Gasteiger partial charge in [-0.2, -0.15) is 13.2 Å². The number of halogens is 3. The maximum absolute atomic E-state index is 12.9. The predicted molar refractivity (Wildman–Crippen MR) is 61.9 cm³/mol. The molecule has 1 aromatic rings. The molecule has 0 spiro atoms. The van der Waals surface area contributed by atoms with E-state index in [9.17, 15) is 13.2 Å². The Labute approximate surface area is 104 Å². The first-order valence-electron chi connectivity index (χ1n) is 5.89. The van der Waals surface area contributed by atoms with Crippen molar-refractivity contribution in [1.29, 1.82) is 0 Å². The van der Waals surface area contributed by atoms with Gasteiger partial charge < -0.3 is 10.5 Å². The molecule has 0 amide bonds. The van der Waals surface area contributed by atoms with E-state index in [1.807, 2.05) is 0 Å². The van der Waals surface area contributed by atoms with E-state index < -0.39 is 17.8 Å². The maximum atomic E-state index is 12.9. The zero-order valence-electron chi connectivity index (χ0n) is 10.1. The van der Waals surface area contributed by atoms with Crippen molar-refractivity contribution in [2.24, 2.45) is 11.7 Å². The van der Waals surface area contributed by atoms with E-state index in [2.05, 4.69) is 0 Å². The Hall–Kier alpha value is -1.07. The molecule has 2 N–H and O–H groups in total. The highest BCUT2D eigenvalue weighted by atomic mass is 19.4. The van der Waals surface area contributed by atoms with Gasteiger partial charge in [0.15, 0.2) is 0 Å². The lowest BCUT2D eigenvalue weighted by molar-refractivity contribution is -0.138. The molecule has 2 rings (SSSR count). The fraction of sp³-hybridized carbons (Fsp3) is 0.538. The summed E-state index contributed by atoms with van der Waals surface area (Å²) in [5, 5.41) is 0. The van der Waals surface area contributed by atoms with E-state index in [1.54, 1.807) is 6.07 Å². The predicted octanol–water partition coefficient (Wildman–Crippen LogP) is 3.13. The monoisotopic (exact) mass is 259 g/mol. The fourth-order valence-electron chi connectivity index (χ4n) is 2.28. The van der Waals surface area contributed by atoms with Gasteiger partial charge in [-0.25, -0.2) is 0 Å². The summed E-state index contributed by atoms with van der Waals surface area (Å²) >= 11 is 0. The zero-order valence-corrected chi connectivity index (χ0v) is 10.1. The molecule has 0 aromatic heterocycles. The summed E-state index contributed by atoms with van der Waals surface area (Å²) in [5.74, 6) is 0.284. The molecule has 1 aliphatic carbocycles. The van der Waals surface area contributed by atoms with E-state index in [-0.39, 0.29) is 17.6 Å². The molecule has 0 saturated heterocycles. The summed E-state index contributed by atoms with van der Waals surface area (Å²) in [6.07, 6.45) is -2.77. The minimum Gasteiger partial charge on any atom is -0.379 e. The Morgan fingerprint density at radius 2 is 1.89 bits per heavy atom. The van der Waals surface area contributed by atoms with Gasteiger partial charge in [0.25, 0.3) is 0 Å². The van der Waals surface area contributed by atoms with Gasteiger partial charge in [0.2, 0.25) is 0 Å². The molecule has 0 aliphatic heterocycles. The quantitative estimate of drug-likeness (QED) is 0.901. The van der Waals surface area contributed by atoms with Crippen molar-refractivity contribution in [2.75, 3.05) is 7.11 Å². The molecule has 0 radical (unpaired) electrons. The van der Waals surface area contributed by atoms with Crippen molar-refractivity contribution >= 4 is 0 Å². The average Bonchev–Trinajstić information content (AvgIpc) is 3.13. The number of hydrogen-bond donors (Lipinski definition) is 1. The number of ether oxygens (including phenoxy) is 1. The van der Waals surface area contributed by atoms with Crippen molar-refractivity contribution in [3.8, 4) is 0 Å². The number of nitrogens with two attached hydrogens (primary N) is 1. The molecule has 1 aliphatic rings. The van der Waals surface area contributed by atoms with Crippen LogP contribution in [0.5, 0.6) is 0 Å². The first-order valence-corrected chi connectivity index (χ1v) is 5.89. The number of methoxy groups -OCH3 is 1. The Balaban J connectivity index is 2.31. The normalized spacial score (nSPS) is 19.6. The molecule has 2 unspecified atom stereocenters. The van der Waals surface area contributed by atoms with Gasteiger partial charge in [-0.15, -0.1) is 0 Å². The molecule has 1 fully saturated rings. The highest BCUT2D eigenvalue weighted by Gasteiger charge is 2.40. The molecule has 2 nitrogen and oxygen atoms in total. The second kappa shape index (κ2) is 4.90. The SMILES string of the molecule is COC(C1CC1)C(N)c1ccccc1C(F)(F)F. The smallest absolute Gasteiger partial charge is 0.379 e. The molecule has 2 atom stereocenters. The van der Waals surface area contributed by atoms with Crippen LogP contribution in [0.2, 0.25) is 0 Å². The van der Waals surface area contributed by atoms with Crippen LogP contribution in [0.1, 0.15) is 30.0 Å². The fourth-order valence-corrected chi connectivity index (χ4v) is 2.28. The number of alkyl halides is 3. The summed E-state index contributed by atoms with van der Waals surface area (Å²) in [6, 6.07) is 4.71. The second-order valence-corrected chi connectivity index (χ2v) is 4.65. The average molecular weight is 259 g/mol. The van der Waals surface area contributed by atoms with Crippen LogP contribution in [0.15, 0.2) is 24.3 Å². The third-order valence-corrected chi connectivity index (χ3v) is 3.34. The molecule has 1 aromatic carbocycles. The van der Waals surface area contributed by atoms with Crippen molar-refractivity contribution in [3.63, 3.8) is 0 Å². The van der Waals surface area contributed by atoms with Crippen LogP contribution in [0, 0.1) is 5.92 Å². The molecule has 100 valence electrons. The van der Waals surface area contributed by atoms with Gasteiger partial charge in [-0.1, -0.05) is 18.2 Å². The minimum atomic E-state index is -4.38. The van der Waals surface area contributed by atoms with Gasteiger partial charge in [0.1, 0.15) is 0 Å². The topological polar surface area (TPSA) is 35.2 Å². The summed E-state index contributed by atoms with van der Waals surface area (Å²) in [5.41, 5.74) is 5.41. The molecular weight excluding hydrogens is 243 g/mol. The van der Waals surface area contributed by atoms with E-state index in [4.69, 9.17) is 10.5 Å². The molecular formula is C13H16F3NO. The maximum Gasteiger partial charge on any atom is 0.416 e. The number of hydrogen-bond acceptors (Lipinski definition) is 2. The summed E-state index contributed by atoms with van der Waals surface area (Å²) in [6.45, 7) is 0. The van der Waals surface area contributed by atoms with Crippen LogP contribution < -0.4 is 5.73 Å². The molecule has 0 bridgehead atoms. The standard InChI is InChI=1S/C13H16F3NO/c1-18-12(8-6-7-8)11(17)9-4-2-3-5-10(9)13(14,15)16/h2-5,8,11-12H,6-7,17H2,1H3. The lowest BCUT2D eigenvalue weighted by Crippen LogP contribution is -2.31. The van der Waals surface area contributed by atoms with Gasteiger partial charge >= 0.3 is 6.18 Å². The van der Waals surface area contributed by atoms with Gasteiger partial charge in [-0.3, -0.25) is 0 Å². The highest BCUT2D eigenvalue weighted by molar-refractivity contribution is 5.33. The third kappa shape index (κ3) is 2.67. The van der Waals surface area contributed by atoms with E-state index >= 15 is 0 Å². The Morgan fingerprint density at radius 1 is 1.28 bits per heavy atom. The minimum absolute atomic E-state index is 0.115. The zero-order chi connectivity index (χ0) is 13.3. The first kappa shape index (κ1) is 13.4. The van der Waals surface area contributed by atoms with Crippen molar-refractivity contribution in [1.82, 2.24) is 0 Å². The summed E-state index contributed by atoms with van der Waals surface area (Å²) in [4.78, 5) is 0. The lowest BCUT2D eigenvalue weighted by Gasteiger charge is -2.25. The van der Waals surface area contributed by atoms with Crippen LogP contribution in [-0.2, 0) is 10.9 Å². The van der Waals surface area contributed by atoms with Crippen LogP contribution in [0.3, 0.4) is 0 Å². The summed E-state index contributed by atoms with van der Waals surface area (Å²) in [7, 11) is 1.50. The van der Waals surface area contributed by atoms with E-state index in [0.29, 0.717) is 0 Å². The van der Waals surface area contributed by atoms with E-state index in [1.165, 1.54) is 19.2 Å². The van der Waals surface area contributed by atoms with Crippen molar-refractivity contribution in [3.05, 3.63) is 35.4 Å². The van der Waals surface area contributed by atoms with Gasteiger partial charge in [0.05, 0.1) is 17.7 Å². The molecule has 5 heteroatoms. The lowest BCUT2D eigenvalue weighted by atomic mass is 9.94. The molecule has 1 saturated carbocycles. The molecule has 0 heterocycles. The van der Waals surface area contributed by atoms with Crippen molar-refractivity contribution in [2.45, 2.75) is 31.2 Å². The van der Waals surface area contributed by atoms with Crippen LogP contribution >= 0.6 is 0 Å². The first-order chi connectivity index (χ1) is 8.45. The van der Waals surface area contributed by atoms with Crippen molar-refractivity contribution < 1.29 is 17.9 Å². The Morgan fingerprint density at radius 3 is 2.39 bits per heavy atom. The molecule has 18 heavy (non-hydrogen) atoms. The van der Waals surface area contributed by atoms with Crippen LogP contribution in [-0.4, -0.2) is 13.2 Å². The Kier molecular flexibility index (Phi) is 3.64. The van der Waals surface area contributed by atoms with E-state index in [0.717, 1.165) is 18.9 Å². The third-order valence-electron chi connectivity index (χ3n) is 3.34. The second-order valence-electron chi connectivity index (χ2n) is 4.65. The van der Waals surface area contributed by atoms with Crippen LogP contribution in [0.25, 0.3) is 0 Å². The largest absolute Gasteiger partial charge is 0.416 e. The summed E-state index contributed by atoms with van der Waals surface area (Å²) < 4.78 is 44.0. The number of benzene rings is 1. The highest BCUT2D eigenvalue weighted by Crippen LogP contribution is 2.41.